The second-order valence-electron chi connectivity index (χ2n) is 7.93. The summed E-state index contributed by atoms with van der Waals surface area (Å²) in [7, 11) is 1.70. The molecule has 154 valence electrons. The molecular weight excluding hydrogens is 370 g/mol. The van der Waals surface area contributed by atoms with Crippen molar-refractivity contribution < 1.29 is 9.47 Å². The van der Waals surface area contributed by atoms with E-state index >= 15 is 0 Å². The summed E-state index contributed by atoms with van der Waals surface area (Å²) in [5.41, 5.74) is 2.91. The fourth-order valence-electron chi connectivity index (χ4n) is 4.43. The van der Waals surface area contributed by atoms with E-state index < -0.39 is 5.41 Å². The van der Waals surface area contributed by atoms with Gasteiger partial charge < -0.3 is 9.47 Å². The summed E-state index contributed by atoms with van der Waals surface area (Å²) in [5, 5.41) is 0. The number of methoxy groups -OCH3 is 1. The molecule has 1 aliphatic carbocycles. The highest BCUT2D eigenvalue weighted by atomic mass is 16.5. The predicted molar refractivity (Wildman–Crippen MR) is 121 cm³/mol. The molecule has 1 heterocycles. The van der Waals surface area contributed by atoms with Crippen LogP contribution in [-0.4, -0.2) is 18.2 Å². The summed E-state index contributed by atoms with van der Waals surface area (Å²) in [4.78, 5) is 4.60. The number of nitrogens with zero attached hydrogens (tertiary/aromatic N) is 1. The Bertz CT molecular complexity index is 965. The van der Waals surface area contributed by atoms with Crippen LogP contribution in [0.5, 0.6) is 11.5 Å². The molecule has 0 spiro atoms. The van der Waals surface area contributed by atoms with Crippen LogP contribution in [0, 0.1) is 0 Å². The topological polar surface area (TPSA) is 31.4 Å². The van der Waals surface area contributed by atoms with Crippen LogP contribution in [0.2, 0.25) is 0 Å². The van der Waals surface area contributed by atoms with Crippen molar-refractivity contribution in [3.05, 3.63) is 102 Å². The van der Waals surface area contributed by atoms with Gasteiger partial charge in [0.1, 0.15) is 0 Å². The van der Waals surface area contributed by atoms with Crippen LogP contribution in [0.3, 0.4) is 0 Å². The molecule has 30 heavy (non-hydrogen) atoms. The van der Waals surface area contributed by atoms with E-state index in [1.54, 1.807) is 7.11 Å². The van der Waals surface area contributed by atoms with Crippen molar-refractivity contribution in [1.82, 2.24) is 4.98 Å². The molecule has 0 aliphatic heterocycles. The molecule has 3 aromatic rings. The average molecular weight is 400 g/mol. The van der Waals surface area contributed by atoms with E-state index in [0.717, 1.165) is 42.0 Å². The van der Waals surface area contributed by atoms with Gasteiger partial charge in [0.25, 0.3) is 0 Å². The third kappa shape index (κ3) is 4.11. The lowest BCUT2D eigenvalue weighted by Crippen LogP contribution is -2.28. The quantitative estimate of drug-likeness (QED) is 0.427. The molecule has 1 aliphatic rings. The number of hydrogen-bond acceptors (Lipinski definition) is 3. The Balaban J connectivity index is 1.81. The summed E-state index contributed by atoms with van der Waals surface area (Å²) in [5.74, 6) is 1.58. The number of ether oxygens (including phenoxy) is 2. The molecule has 4 rings (SSSR count). The maximum atomic E-state index is 6.39. The van der Waals surface area contributed by atoms with Gasteiger partial charge in [0.05, 0.1) is 13.2 Å². The Labute approximate surface area is 179 Å². The Hall–Kier alpha value is -3.07. The van der Waals surface area contributed by atoms with Crippen LogP contribution in [0.25, 0.3) is 0 Å². The van der Waals surface area contributed by atoms with Gasteiger partial charge >= 0.3 is 0 Å². The van der Waals surface area contributed by atoms with Crippen LogP contribution >= 0.6 is 0 Å². The minimum Gasteiger partial charge on any atom is -0.493 e. The van der Waals surface area contributed by atoms with Crippen molar-refractivity contribution in [3.63, 3.8) is 0 Å². The number of benzene rings is 2. The first-order valence-electron chi connectivity index (χ1n) is 10.7. The molecule has 1 unspecified atom stereocenters. The Kier molecular flexibility index (Phi) is 6.18. The normalized spacial score (nSPS) is 16.0. The third-order valence-electron chi connectivity index (χ3n) is 6.10. The highest BCUT2D eigenvalue weighted by Crippen LogP contribution is 2.41. The molecule has 0 bridgehead atoms. The Morgan fingerprint density at radius 2 is 1.73 bits per heavy atom. The standard InChI is InChI=1S/C27H29NO2/c1-3-27(21-11-5-4-6-12-21,20-23-13-9-10-18-28-23)22-16-17-25(29-2)26(19-22)30-24-14-7-8-15-24/h3-6,9-13,16-19,24H,1,7-8,14-15,20H2,2H3. The summed E-state index contributed by atoms with van der Waals surface area (Å²) in [6.07, 6.45) is 9.53. The molecule has 1 aromatic heterocycles. The zero-order chi connectivity index (χ0) is 20.8. The average Bonchev–Trinajstić information content (AvgIpc) is 3.32. The molecule has 1 atom stereocenters. The van der Waals surface area contributed by atoms with Gasteiger partial charge in [0, 0.05) is 23.7 Å². The van der Waals surface area contributed by atoms with E-state index in [9.17, 15) is 0 Å². The van der Waals surface area contributed by atoms with E-state index in [4.69, 9.17) is 9.47 Å². The van der Waals surface area contributed by atoms with E-state index in [2.05, 4.69) is 54.0 Å². The summed E-state index contributed by atoms with van der Waals surface area (Å²) >= 11 is 0. The summed E-state index contributed by atoms with van der Waals surface area (Å²) in [6, 6.07) is 22.8. The zero-order valence-electron chi connectivity index (χ0n) is 17.6. The Morgan fingerprint density at radius 1 is 0.967 bits per heavy atom. The molecule has 2 aromatic carbocycles. The zero-order valence-corrected chi connectivity index (χ0v) is 17.6. The van der Waals surface area contributed by atoms with Gasteiger partial charge in [-0.15, -0.1) is 6.58 Å². The van der Waals surface area contributed by atoms with Crippen molar-refractivity contribution in [2.45, 2.75) is 43.6 Å². The highest BCUT2D eigenvalue weighted by Gasteiger charge is 2.33. The van der Waals surface area contributed by atoms with Crippen LogP contribution in [0.4, 0.5) is 0 Å². The van der Waals surface area contributed by atoms with Crippen molar-refractivity contribution >= 4 is 0 Å². The summed E-state index contributed by atoms with van der Waals surface area (Å²) in [6.45, 7) is 4.26. The number of rotatable bonds is 8. The molecule has 3 heteroatoms. The fourth-order valence-corrected chi connectivity index (χ4v) is 4.43. The number of pyridine rings is 1. The van der Waals surface area contributed by atoms with Crippen molar-refractivity contribution in [2.75, 3.05) is 7.11 Å². The lowest BCUT2D eigenvalue weighted by molar-refractivity contribution is 0.200. The second kappa shape index (κ2) is 9.17. The largest absolute Gasteiger partial charge is 0.493 e. The lowest BCUT2D eigenvalue weighted by Gasteiger charge is -2.32. The predicted octanol–water partition coefficient (Wildman–Crippen LogP) is 6.13. The van der Waals surface area contributed by atoms with Crippen LogP contribution in [0.1, 0.15) is 42.5 Å². The summed E-state index contributed by atoms with van der Waals surface area (Å²) < 4.78 is 12.0. The molecule has 0 amide bonds. The van der Waals surface area contributed by atoms with Gasteiger partial charge in [0.15, 0.2) is 11.5 Å². The van der Waals surface area contributed by atoms with E-state index in [-0.39, 0.29) is 6.10 Å². The van der Waals surface area contributed by atoms with Gasteiger partial charge in [-0.05, 0) is 61.1 Å². The van der Waals surface area contributed by atoms with Gasteiger partial charge in [-0.25, -0.2) is 0 Å². The maximum Gasteiger partial charge on any atom is 0.161 e. The van der Waals surface area contributed by atoms with E-state index in [1.807, 2.05) is 36.5 Å². The van der Waals surface area contributed by atoms with Crippen LogP contribution in [-0.2, 0) is 11.8 Å². The first-order valence-corrected chi connectivity index (χ1v) is 10.7. The minimum atomic E-state index is -0.421. The molecule has 3 nitrogen and oxygen atoms in total. The molecule has 0 saturated heterocycles. The molecule has 0 radical (unpaired) electrons. The van der Waals surface area contributed by atoms with Crippen molar-refractivity contribution in [1.29, 1.82) is 0 Å². The van der Waals surface area contributed by atoms with E-state index in [1.165, 1.54) is 18.4 Å². The fraction of sp³-hybridized carbons (Fsp3) is 0.296. The smallest absolute Gasteiger partial charge is 0.161 e. The van der Waals surface area contributed by atoms with Crippen molar-refractivity contribution in [2.24, 2.45) is 0 Å². The monoisotopic (exact) mass is 399 g/mol. The number of hydrogen-bond donors (Lipinski definition) is 0. The number of allylic oxidation sites excluding steroid dienone is 1. The second-order valence-corrected chi connectivity index (χ2v) is 7.93. The Morgan fingerprint density at radius 3 is 2.40 bits per heavy atom. The van der Waals surface area contributed by atoms with Crippen LogP contribution < -0.4 is 9.47 Å². The highest BCUT2D eigenvalue weighted by molar-refractivity contribution is 5.52. The van der Waals surface area contributed by atoms with Crippen molar-refractivity contribution in [3.8, 4) is 11.5 Å². The first-order chi connectivity index (χ1) is 14.7. The third-order valence-corrected chi connectivity index (χ3v) is 6.10. The van der Waals surface area contributed by atoms with Crippen LogP contribution in [0.15, 0.2) is 85.6 Å². The van der Waals surface area contributed by atoms with Gasteiger partial charge in [0.2, 0.25) is 0 Å². The SMILES string of the molecule is C=CC(Cc1ccccn1)(c1ccccc1)c1ccc(OC)c(OC2CCCC2)c1. The van der Waals surface area contributed by atoms with Gasteiger partial charge in [-0.1, -0.05) is 48.5 Å². The minimum absolute atomic E-state index is 0.264. The lowest BCUT2D eigenvalue weighted by atomic mass is 9.71. The number of aromatic nitrogens is 1. The molecule has 1 saturated carbocycles. The molecule has 0 N–H and O–H groups in total. The maximum absolute atomic E-state index is 6.39. The molecule has 1 fully saturated rings. The van der Waals surface area contributed by atoms with Gasteiger partial charge in [-0.3, -0.25) is 4.98 Å². The first kappa shape index (κ1) is 20.2. The van der Waals surface area contributed by atoms with Gasteiger partial charge in [-0.2, -0.15) is 0 Å². The van der Waals surface area contributed by atoms with E-state index in [0.29, 0.717) is 0 Å². The molecular formula is C27H29NO2.